The van der Waals surface area contributed by atoms with Gasteiger partial charge >= 0.3 is 0 Å². The first-order valence-corrected chi connectivity index (χ1v) is 41.3. The van der Waals surface area contributed by atoms with Crippen molar-refractivity contribution >= 4 is 93.2 Å². The van der Waals surface area contributed by atoms with E-state index in [1.807, 2.05) is 36.4 Å². The maximum Gasteiger partial charge on any atom is 0.210 e. The van der Waals surface area contributed by atoms with E-state index < -0.39 is 23.2 Å². The summed E-state index contributed by atoms with van der Waals surface area (Å²) >= 11 is 9.81. The van der Waals surface area contributed by atoms with Gasteiger partial charge < -0.3 is 43.7 Å². The molecule has 3 atom stereocenters. The van der Waals surface area contributed by atoms with Gasteiger partial charge in [-0.2, -0.15) is 0 Å². The van der Waals surface area contributed by atoms with Crippen LogP contribution in [0.3, 0.4) is 0 Å². The molecule has 0 aliphatic carbocycles. The summed E-state index contributed by atoms with van der Waals surface area (Å²) in [6.45, 7) is 24.7. The van der Waals surface area contributed by atoms with Gasteiger partial charge in [0.2, 0.25) is 17.3 Å². The molecule has 3 saturated heterocycles. The number of fused-ring (bicyclic) bond motifs is 3. The summed E-state index contributed by atoms with van der Waals surface area (Å²) in [7, 11) is 0. The van der Waals surface area contributed by atoms with Crippen molar-refractivity contribution in [3.8, 4) is 69.0 Å². The number of thiophene rings is 3. The fourth-order valence-corrected chi connectivity index (χ4v) is 18.6. The van der Waals surface area contributed by atoms with Crippen molar-refractivity contribution in [2.75, 3.05) is 78.7 Å². The van der Waals surface area contributed by atoms with Crippen LogP contribution in [-0.2, 0) is 0 Å². The van der Waals surface area contributed by atoms with Gasteiger partial charge in [-0.25, -0.2) is 17.6 Å². The van der Waals surface area contributed by atoms with Gasteiger partial charge in [-0.3, -0.25) is 29.1 Å². The summed E-state index contributed by atoms with van der Waals surface area (Å²) in [6, 6.07) is 43.2. The van der Waals surface area contributed by atoms with Crippen molar-refractivity contribution in [1.29, 1.82) is 0 Å². The second-order valence-electron chi connectivity index (χ2n) is 29.2. The number of carbonyl (C=O) groups is 3. The number of nitrogens with zero attached hydrogens (tertiary/aromatic N) is 3. The highest BCUT2D eigenvalue weighted by Crippen LogP contribution is 2.48. The normalized spacial score (nSPS) is 15.7. The van der Waals surface area contributed by atoms with Crippen molar-refractivity contribution in [3.05, 3.63) is 246 Å². The molecule has 114 heavy (non-hydrogen) atoms. The molecular weight excluding hydrogens is 1530 g/mol. The lowest BCUT2D eigenvalue weighted by Crippen LogP contribution is -2.26. The SMILES string of the molecule is CC[C@H]1CCN(CCOc2ccc(Oc3c(C(=O)c4c(C)cc(F)cc4C)sc4cc(O)ccc34)cc2)C1.CC[C@H]1CCN(CCOc2ccc(Oc3c(C(=O)c4c(C)cc(F)cc4Cl)sc4cc(O)ccc34)cc2)C1.CC[C@H]1CCN(CCOc2ccc(Oc3c(C(=O)c4c(C)cc(F)cc4F)sc4cc(O)ccc34)cc2)C1. The van der Waals surface area contributed by atoms with Crippen molar-refractivity contribution in [2.45, 2.75) is 87.0 Å². The Bertz CT molecular complexity index is 4860. The number of halogens is 5. The summed E-state index contributed by atoms with van der Waals surface area (Å²) in [5, 5.41) is 32.0. The summed E-state index contributed by atoms with van der Waals surface area (Å²) in [6.07, 6.45) is 7.45. The Balaban J connectivity index is 0.000000149. The van der Waals surface area contributed by atoms with Gasteiger partial charge in [0.1, 0.15) is 109 Å². The standard InChI is InChI=1S/C31H32FNO4S.C30H29ClFNO4S.C30H29F2NO4S/c1-4-21-11-12-33(18-21)13-14-36-24-6-8-25(9-7-24)37-30-26-10-5-23(34)17-27(26)38-31(30)29(35)28-19(2)15-22(32)16-20(28)3;1-3-19-10-11-33(17-19)12-13-36-22-5-7-23(8-6-22)37-29-24-9-4-21(34)16-26(24)38-30(29)28(35)27-18(2)14-20(32)15-25(27)31;1-3-19-10-11-33(17-19)12-13-36-22-5-7-23(8-6-22)37-29-24-9-4-21(34)16-26(24)38-30(29)28(35)27-18(2)14-20(31)15-25(27)32/h5-10,15-17,21,34H,4,11-14,18H2,1-3H3;2*4-9,14-16,19,34H,3,10-13,17H2,1-2H3/t21-;2*19-/m000/s1. The predicted octanol–water partition coefficient (Wildman–Crippen LogP) is 22.7. The topological polar surface area (TPSA) is 177 Å². The zero-order chi connectivity index (χ0) is 80.4. The first-order valence-electron chi connectivity index (χ1n) is 38.4. The van der Waals surface area contributed by atoms with Crippen molar-refractivity contribution in [3.63, 3.8) is 0 Å². The van der Waals surface area contributed by atoms with E-state index in [0.717, 1.165) is 122 Å². The van der Waals surface area contributed by atoms with Crippen LogP contribution in [0.5, 0.6) is 69.0 Å². The Morgan fingerprint density at radius 2 is 0.684 bits per heavy atom. The lowest BCUT2D eigenvalue weighted by molar-refractivity contribution is 0.102. The quantitative estimate of drug-likeness (QED) is 0.0327. The lowest BCUT2D eigenvalue weighted by Gasteiger charge is -2.16. The molecule has 0 spiro atoms. The predicted molar refractivity (Wildman–Crippen MR) is 444 cm³/mol. The molecule has 3 N–H and O–H groups in total. The van der Waals surface area contributed by atoms with Gasteiger partial charge in [-0.05, 0) is 264 Å². The van der Waals surface area contributed by atoms with Crippen LogP contribution in [0.2, 0.25) is 5.02 Å². The summed E-state index contributed by atoms with van der Waals surface area (Å²) in [5.74, 6) is 3.68. The van der Waals surface area contributed by atoms with Gasteiger partial charge in [0, 0.05) is 86.7 Å². The zero-order valence-corrected chi connectivity index (χ0v) is 67.7. The van der Waals surface area contributed by atoms with Crippen LogP contribution in [0.4, 0.5) is 17.6 Å². The molecule has 594 valence electrons. The zero-order valence-electron chi connectivity index (χ0n) is 64.5. The molecular formula is C91H90ClF4N3O12S3. The van der Waals surface area contributed by atoms with E-state index in [2.05, 4.69) is 35.5 Å². The van der Waals surface area contributed by atoms with Gasteiger partial charge in [0.25, 0.3) is 0 Å². The molecule has 0 unspecified atom stereocenters. The molecule has 6 heterocycles. The number of aryl methyl sites for hydroxylation is 4. The Morgan fingerprint density at radius 1 is 0.395 bits per heavy atom. The third-order valence-electron chi connectivity index (χ3n) is 21.2. The summed E-state index contributed by atoms with van der Waals surface area (Å²) in [5.41, 5.74) is 2.24. The van der Waals surface area contributed by atoms with Crippen molar-refractivity contribution in [2.24, 2.45) is 17.8 Å². The monoisotopic (exact) mass is 1620 g/mol. The fraction of sp³-hybridized carbons (Fsp3) is 0.308. The molecule has 3 aliphatic rings. The van der Waals surface area contributed by atoms with Crippen LogP contribution < -0.4 is 28.4 Å². The fourth-order valence-electron chi connectivity index (χ4n) is 14.9. The molecule has 15 rings (SSSR count). The van der Waals surface area contributed by atoms with Crippen molar-refractivity contribution in [1.82, 2.24) is 14.7 Å². The number of ketones is 3. The molecule has 0 amide bonds. The average molecular weight is 1630 g/mol. The number of hydrogen-bond donors (Lipinski definition) is 3. The molecule has 0 saturated carbocycles. The second-order valence-corrected chi connectivity index (χ2v) is 32.8. The van der Waals surface area contributed by atoms with E-state index in [-0.39, 0.29) is 67.0 Å². The Kier molecular flexibility index (Phi) is 26.6. The molecule has 3 aromatic heterocycles. The number of carbonyl (C=O) groups excluding carboxylic acids is 3. The molecule has 0 radical (unpaired) electrons. The molecule has 23 heteroatoms. The van der Waals surface area contributed by atoms with E-state index in [0.29, 0.717) is 113 Å². The maximum absolute atomic E-state index is 14.7. The molecule has 0 bridgehead atoms. The minimum absolute atomic E-state index is 0.0362. The molecule has 9 aromatic carbocycles. The molecule has 3 aliphatic heterocycles. The van der Waals surface area contributed by atoms with E-state index >= 15 is 0 Å². The minimum atomic E-state index is -0.931. The number of hydrogen-bond acceptors (Lipinski definition) is 18. The van der Waals surface area contributed by atoms with E-state index in [1.165, 1.54) is 98.5 Å². The van der Waals surface area contributed by atoms with Gasteiger partial charge in [0.05, 0.1) is 10.6 Å². The number of likely N-dealkylation sites (tertiary alicyclic amines) is 3. The number of phenols is 3. The molecule has 3 fully saturated rings. The summed E-state index contributed by atoms with van der Waals surface area (Å²) in [4.78, 5) is 49.0. The first kappa shape index (κ1) is 82.0. The number of ether oxygens (including phenoxy) is 6. The van der Waals surface area contributed by atoms with Crippen LogP contribution in [-0.4, -0.2) is 126 Å². The second kappa shape index (κ2) is 37.1. The van der Waals surface area contributed by atoms with Crippen LogP contribution >= 0.6 is 45.6 Å². The number of aromatic hydroxyl groups is 3. The Labute approximate surface area is 677 Å². The highest BCUT2D eigenvalue weighted by atomic mass is 35.5. The summed E-state index contributed by atoms with van der Waals surface area (Å²) < 4.78 is 94.6. The largest absolute Gasteiger partial charge is 0.508 e. The number of benzene rings is 9. The highest BCUT2D eigenvalue weighted by molar-refractivity contribution is 7.22. The van der Waals surface area contributed by atoms with Gasteiger partial charge in [-0.15, -0.1) is 34.0 Å². The maximum atomic E-state index is 14.7. The third-order valence-corrected chi connectivity index (χ3v) is 24.9. The first-order chi connectivity index (χ1) is 55.0. The Hall–Kier alpha value is -10.0. The minimum Gasteiger partial charge on any atom is -0.508 e. The van der Waals surface area contributed by atoms with Crippen molar-refractivity contribution < 1.29 is 75.7 Å². The van der Waals surface area contributed by atoms with Gasteiger partial charge in [0.15, 0.2) is 17.2 Å². The van der Waals surface area contributed by atoms with E-state index in [4.69, 9.17) is 40.0 Å². The highest BCUT2D eigenvalue weighted by Gasteiger charge is 2.31. The van der Waals surface area contributed by atoms with Crippen LogP contribution in [0.15, 0.2) is 164 Å². The van der Waals surface area contributed by atoms with Crippen LogP contribution in [0, 0.1) is 68.7 Å². The van der Waals surface area contributed by atoms with Crippen LogP contribution in [0.25, 0.3) is 30.3 Å². The number of phenolic OH excluding ortho intramolecular Hbond substituents is 3. The molecule has 12 aromatic rings. The van der Waals surface area contributed by atoms with E-state index in [1.54, 1.807) is 99.6 Å². The smallest absolute Gasteiger partial charge is 0.210 e. The molecule has 15 nitrogen and oxygen atoms in total. The van der Waals surface area contributed by atoms with Gasteiger partial charge in [-0.1, -0.05) is 51.6 Å². The van der Waals surface area contributed by atoms with E-state index in [9.17, 15) is 47.3 Å². The average Bonchev–Trinajstić information content (AvgIpc) is 1.54. The van der Waals surface area contributed by atoms with Crippen LogP contribution in [0.1, 0.15) is 127 Å². The number of rotatable bonds is 27. The Morgan fingerprint density at radius 3 is 1.00 bits per heavy atom. The third kappa shape index (κ3) is 19.7. The lowest BCUT2D eigenvalue weighted by atomic mass is 9.97.